The smallest absolute Gasteiger partial charge is 0.00621 e. The van der Waals surface area contributed by atoms with Crippen molar-refractivity contribution in [2.24, 2.45) is 5.92 Å². The molecule has 0 heterocycles. The number of rotatable bonds is 7. The van der Waals surface area contributed by atoms with Gasteiger partial charge in [-0.1, -0.05) is 33.6 Å². The summed E-state index contributed by atoms with van der Waals surface area (Å²) in [5.74, 6) is 2.27. The highest BCUT2D eigenvalue weighted by molar-refractivity contribution is 7.99. The lowest BCUT2D eigenvalue weighted by Crippen LogP contribution is -2.30. The highest BCUT2D eigenvalue weighted by atomic mass is 32.2. The van der Waals surface area contributed by atoms with Crippen LogP contribution in [0.15, 0.2) is 0 Å². The Labute approximate surface area is 106 Å². The van der Waals surface area contributed by atoms with Gasteiger partial charge in [0.1, 0.15) is 0 Å². The zero-order chi connectivity index (χ0) is 11.8. The Kier molecular flexibility index (Phi) is 7.55. The number of thioether (sulfide) groups is 1. The zero-order valence-electron chi connectivity index (χ0n) is 11.3. The van der Waals surface area contributed by atoms with Crippen molar-refractivity contribution in [1.82, 2.24) is 5.32 Å². The first-order valence-electron chi connectivity index (χ1n) is 7.11. The van der Waals surface area contributed by atoms with Gasteiger partial charge in [0.2, 0.25) is 0 Å². The predicted molar refractivity (Wildman–Crippen MR) is 76.3 cm³/mol. The second-order valence-electron chi connectivity index (χ2n) is 5.23. The molecule has 2 unspecified atom stereocenters. The Morgan fingerprint density at radius 3 is 2.62 bits per heavy atom. The molecule has 0 aromatic rings. The Balaban J connectivity index is 2.02. The van der Waals surface area contributed by atoms with Crippen molar-refractivity contribution in [2.45, 2.75) is 70.6 Å². The van der Waals surface area contributed by atoms with E-state index in [4.69, 9.17) is 0 Å². The molecule has 2 atom stereocenters. The van der Waals surface area contributed by atoms with Crippen molar-refractivity contribution in [3.8, 4) is 0 Å². The van der Waals surface area contributed by atoms with Crippen molar-refractivity contribution >= 4 is 11.8 Å². The molecule has 0 saturated heterocycles. The molecule has 1 nitrogen and oxygen atoms in total. The van der Waals surface area contributed by atoms with E-state index in [1.165, 1.54) is 50.8 Å². The quantitative estimate of drug-likeness (QED) is 0.676. The first-order chi connectivity index (χ1) is 7.76. The van der Waals surface area contributed by atoms with Crippen molar-refractivity contribution in [1.29, 1.82) is 0 Å². The minimum atomic E-state index is 0.742. The maximum absolute atomic E-state index is 3.65. The first-order valence-corrected chi connectivity index (χ1v) is 8.16. The molecule has 1 aliphatic rings. The van der Waals surface area contributed by atoms with E-state index in [0.717, 1.165) is 17.2 Å². The number of nitrogens with one attached hydrogen (secondary N) is 1. The molecule has 16 heavy (non-hydrogen) atoms. The maximum atomic E-state index is 3.65. The van der Waals surface area contributed by atoms with Crippen LogP contribution >= 0.6 is 11.8 Å². The van der Waals surface area contributed by atoms with Gasteiger partial charge < -0.3 is 5.32 Å². The van der Waals surface area contributed by atoms with Gasteiger partial charge >= 0.3 is 0 Å². The Bertz CT molecular complexity index is 168. The minimum Gasteiger partial charge on any atom is -0.313 e. The van der Waals surface area contributed by atoms with Crippen LogP contribution in [-0.2, 0) is 0 Å². The molecular formula is C14H29NS. The van der Waals surface area contributed by atoms with Crippen molar-refractivity contribution < 1.29 is 0 Å². The van der Waals surface area contributed by atoms with Gasteiger partial charge in [0.25, 0.3) is 0 Å². The largest absolute Gasteiger partial charge is 0.313 e. The summed E-state index contributed by atoms with van der Waals surface area (Å²) in [6.45, 7) is 8.16. The van der Waals surface area contributed by atoms with E-state index in [0.29, 0.717) is 0 Å². The summed E-state index contributed by atoms with van der Waals surface area (Å²) in [5, 5.41) is 4.60. The van der Waals surface area contributed by atoms with E-state index < -0.39 is 0 Å². The molecule has 0 bridgehead atoms. The third kappa shape index (κ3) is 5.58. The summed E-state index contributed by atoms with van der Waals surface area (Å²) in [6.07, 6.45) is 8.36. The molecule has 0 aromatic carbocycles. The average molecular weight is 243 g/mol. The fraction of sp³-hybridized carbons (Fsp3) is 1.00. The highest BCUT2D eigenvalue weighted by Crippen LogP contribution is 2.31. The molecule has 0 aliphatic heterocycles. The summed E-state index contributed by atoms with van der Waals surface area (Å²) in [6, 6.07) is 0.742. The van der Waals surface area contributed by atoms with E-state index in [1.54, 1.807) is 0 Å². The van der Waals surface area contributed by atoms with Crippen LogP contribution in [-0.4, -0.2) is 23.6 Å². The van der Waals surface area contributed by atoms with Gasteiger partial charge in [-0.15, -0.1) is 0 Å². The fourth-order valence-electron chi connectivity index (χ4n) is 2.60. The van der Waals surface area contributed by atoms with Gasteiger partial charge in [-0.25, -0.2) is 0 Å². The molecule has 1 saturated carbocycles. The van der Waals surface area contributed by atoms with Gasteiger partial charge in [0, 0.05) is 23.6 Å². The van der Waals surface area contributed by atoms with Crippen molar-refractivity contribution in [3.63, 3.8) is 0 Å². The van der Waals surface area contributed by atoms with E-state index >= 15 is 0 Å². The lowest BCUT2D eigenvalue weighted by atomic mass is 9.91. The molecule has 1 aliphatic carbocycles. The fourth-order valence-corrected chi connectivity index (χ4v) is 3.96. The summed E-state index contributed by atoms with van der Waals surface area (Å²) >= 11 is 2.20. The van der Waals surface area contributed by atoms with E-state index in [2.05, 4.69) is 37.8 Å². The third-order valence-electron chi connectivity index (χ3n) is 3.76. The lowest BCUT2D eigenvalue weighted by molar-refractivity contribution is 0.394. The van der Waals surface area contributed by atoms with Crippen LogP contribution in [0.4, 0.5) is 0 Å². The van der Waals surface area contributed by atoms with Crippen LogP contribution in [0.2, 0.25) is 0 Å². The van der Waals surface area contributed by atoms with Gasteiger partial charge in [0.15, 0.2) is 0 Å². The van der Waals surface area contributed by atoms with Crippen LogP contribution in [0.1, 0.15) is 59.3 Å². The Morgan fingerprint density at radius 2 is 2.00 bits per heavy atom. The van der Waals surface area contributed by atoms with Gasteiger partial charge in [-0.2, -0.15) is 11.8 Å². The molecule has 0 amide bonds. The van der Waals surface area contributed by atoms with E-state index in [1.807, 2.05) is 0 Å². The van der Waals surface area contributed by atoms with Crippen LogP contribution in [0.25, 0.3) is 0 Å². The summed E-state index contributed by atoms with van der Waals surface area (Å²) in [4.78, 5) is 0. The van der Waals surface area contributed by atoms with E-state index in [-0.39, 0.29) is 0 Å². The first kappa shape index (κ1) is 14.4. The molecule has 2 heteroatoms. The maximum Gasteiger partial charge on any atom is 0.00621 e. The van der Waals surface area contributed by atoms with Crippen LogP contribution in [0, 0.1) is 5.92 Å². The molecule has 0 spiro atoms. The summed E-state index contributed by atoms with van der Waals surface area (Å²) < 4.78 is 0. The minimum absolute atomic E-state index is 0.742. The van der Waals surface area contributed by atoms with Gasteiger partial charge in [-0.3, -0.25) is 0 Å². The zero-order valence-corrected chi connectivity index (χ0v) is 12.1. The van der Waals surface area contributed by atoms with E-state index in [9.17, 15) is 0 Å². The van der Waals surface area contributed by atoms with Gasteiger partial charge in [0.05, 0.1) is 0 Å². The van der Waals surface area contributed by atoms with Crippen molar-refractivity contribution in [3.05, 3.63) is 0 Å². The molecule has 1 fully saturated rings. The standard InChI is InChI=1S/C14H29NS/c1-4-13(5-2)15-9-10-16-14-8-6-7-12(3)11-14/h12-15H,4-11H2,1-3H3. The van der Waals surface area contributed by atoms with Crippen LogP contribution in [0.3, 0.4) is 0 Å². The lowest BCUT2D eigenvalue weighted by Gasteiger charge is -2.26. The topological polar surface area (TPSA) is 12.0 Å². The monoisotopic (exact) mass is 243 g/mol. The van der Waals surface area contributed by atoms with Crippen LogP contribution < -0.4 is 5.32 Å². The average Bonchev–Trinajstić information content (AvgIpc) is 2.29. The second-order valence-corrected chi connectivity index (χ2v) is 6.64. The molecule has 0 radical (unpaired) electrons. The molecule has 96 valence electrons. The van der Waals surface area contributed by atoms with Crippen LogP contribution in [0.5, 0.6) is 0 Å². The Hall–Kier alpha value is 0.310. The second kappa shape index (κ2) is 8.41. The highest BCUT2D eigenvalue weighted by Gasteiger charge is 2.18. The summed E-state index contributed by atoms with van der Waals surface area (Å²) in [7, 11) is 0. The molecule has 1 N–H and O–H groups in total. The number of hydrogen-bond donors (Lipinski definition) is 1. The third-order valence-corrected chi connectivity index (χ3v) is 5.10. The molecular weight excluding hydrogens is 214 g/mol. The normalized spacial score (nSPS) is 26.2. The molecule has 1 rings (SSSR count). The SMILES string of the molecule is CCC(CC)NCCSC1CCCC(C)C1. The molecule has 0 aromatic heterocycles. The van der Waals surface area contributed by atoms with Gasteiger partial charge in [-0.05, 0) is 31.6 Å². The van der Waals surface area contributed by atoms with Crippen molar-refractivity contribution in [2.75, 3.05) is 12.3 Å². The predicted octanol–water partition coefficient (Wildman–Crippen LogP) is 4.08. The Morgan fingerprint density at radius 1 is 1.25 bits per heavy atom. The number of hydrogen-bond acceptors (Lipinski definition) is 2. The summed E-state index contributed by atoms with van der Waals surface area (Å²) in [5.41, 5.74) is 0.